The predicted octanol–water partition coefficient (Wildman–Crippen LogP) is 7.78. The minimum atomic E-state index is -0.0869. The number of carbonyl (C=O) groups excluding carboxylic acids is 1. The summed E-state index contributed by atoms with van der Waals surface area (Å²) in [5, 5.41) is 3.82. The Morgan fingerprint density at radius 3 is 2.69 bits per heavy atom. The number of benzene rings is 1. The van der Waals surface area contributed by atoms with Gasteiger partial charge in [-0.3, -0.25) is 4.79 Å². The molecule has 2 heterocycles. The summed E-state index contributed by atoms with van der Waals surface area (Å²) in [6.45, 7) is 9.90. The zero-order valence-corrected chi connectivity index (χ0v) is 25.5. The van der Waals surface area contributed by atoms with Crippen molar-refractivity contribution in [1.29, 1.82) is 0 Å². The molecular weight excluding hydrogens is 686 g/mol. The van der Waals surface area contributed by atoms with Crippen LogP contribution in [0.5, 0.6) is 5.75 Å². The van der Waals surface area contributed by atoms with Gasteiger partial charge in [-0.2, -0.15) is 0 Å². The molecule has 1 aromatic carbocycles. The fourth-order valence-corrected chi connectivity index (χ4v) is 7.77. The summed E-state index contributed by atoms with van der Waals surface area (Å²) in [6.07, 6.45) is 6.48. The second-order valence-corrected chi connectivity index (χ2v) is 13.2. The third kappa shape index (κ3) is 6.30. The number of aliphatic imine (C=N–C) groups is 1. The first-order valence-electron chi connectivity index (χ1n) is 11.8. The molecule has 0 radical (unpaired) electrons. The van der Waals surface area contributed by atoms with Crippen molar-refractivity contribution < 1.29 is 13.9 Å². The smallest absolute Gasteiger partial charge is 0.255 e. The SMILES string of the molecule is CCOc1c(I)cc(C=Nc2sc3c(c2C(=O)NCc2ccco2)CC[C@@H](C(C)(C)C)C3)cc1I. The van der Waals surface area contributed by atoms with Gasteiger partial charge in [-0.1, -0.05) is 20.8 Å². The van der Waals surface area contributed by atoms with Crippen LogP contribution in [0, 0.1) is 18.5 Å². The standard InChI is InChI=1S/C27H30I2N2O3S/c1-5-33-24-20(28)11-16(12-21(24)29)14-31-26-23(25(32)30-15-18-7-6-10-34-18)19-9-8-17(27(2,3)4)13-22(19)35-26/h6-7,10-12,14,17H,5,8-9,13,15H2,1-4H3,(H,30,32)/t17-/m1/s1. The maximum Gasteiger partial charge on any atom is 0.255 e. The average molecular weight is 716 g/mol. The molecule has 1 atom stereocenters. The normalized spacial score (nSPS) is 15.9. The van der Waals surface area contributed by atoms with E-state index in [0.29, 0.717) is 19.1 Å². The van der Waals surface area contributed by atoms with Gasteiger partial charge in [-0.05, 0) is 118 Å². The minimum Gasteiger partial charge on any atom is -0.492 e. The van der Waals surface area contributed by atoms with E-state index in [0.717, 1.165) is 59.6 Å². The molecule has 5 nitrogen and oxygen atoms in total. The number of nitrogens with one attached hydrogen (secondary N) is 1. The van der Waals surface area contributed by atoms with E-state index < -0.39 is 0 Å². The van der Waals surface area contributed by atoms with Gasteiger partial charge in [-0.15, -0.1) is 11.3 Å². The van der Waals surface area contributed by atoms with Gasteiger partial charge in [0.15, 0.2) is 0 Å². The van der Waals surface area contributed by atoms with E-state index in [2.05, 4.69) is 83.4 Å². The fourth-order valence-electron chi connectivity index (χ4n) is 4.37. The molecule has 35 heavy (non-hydrogen) atoms. The van der Waals surface area contributed by atoms with Crippen LogP contribution in [0.1, 0.15) is 66.2 Å². The molecule has 1 aliphatic rings. The Hall–Kier alpha value is -1.40. The van der Waals surface area contributed by atoms with E-state index in [1.165, 1.54) is 4.88 Å². The first-order chi connectivity index (χ1) is 16.7. The number of hydrogen-bond acceptors (Lipinski definition) is 5. The highest BCUT2D eigenvalue weighted by atomic mass is 127. The van der Waals surface area contributed by atoms with E-state index in [-0.39, 0.29) is 11.3 Å². The van der Waals surface area contributed by atoms with E-state index in [1.807, 2.05) is 25.3 Å². The van der Waals surface area contributed by atoms with Crippen molar-refractivity contribution in [1.82, 2.24) is 5.32 Å². The molecule has 1 N–H and O–H groups in total. The molecule has 2 aromatic heterocycles. The summed E-state index contributed by atoms with van der Waals surface area (Å²) in [7, 11) is 0. The second-order valence-electron chi connectivity index (χ2n) is 9.76. The largest absolute Gasteiger partial charge is 0.492 e. The van der Waals surface area contributed by atoms with Crippen molar-refractivity contribution in [3.05, 3.63) is 65.0 Å². The second kappa shape index (κ2) is 11.3. The van der Waals surface area contributed by atoms with Crippen molar-refractivity contribution in [2.24, 2.45) is 16.3 Å². The fraction of sp³-hybridized carbons (Fsp3) is 0.407. The Kier molecular flexibility index (Phi) is 8.63. The lowest BCUT2D eigenvalue weighted by molar-refractivity contribution is 0.0947. The number of rotatable bonds is 7. The number of nitrogens with zero attached hydrogens (tertiary/aromatic N) is 1. The van der Waals surface area contributed by atoms with E-state index in [4.69, 9.17) is 14.1 Å². The first-order valence-corrected chi connectivity index (χ1v) is 14.8. The number of carbonyl (C=O) groups is 1. The van der Waals surface area contributed by atoms with Crippen LogP contribution in [0.25, 0.3) is 0 Å². The molecular formula is C27H30I2N2O3S. The third-order valence-corrected chi connectivity index (χ3v) is 9.11. The van der Waals surface area contributed by atoms with Gasteiger partial charge in [0.25, 0.3) is 5.91 Å². The summed E-state index contributed by atoms with van der Waals surface area (Å²) in [4.78, 5) is 19.5. The topological polar surface area (TPSA) is 63.8 Å². The van der Waals surface area contributed by atoms with Gasteiger partial charge < -0.3 is 14.5 Å². The number of hydrogen-bond donors (Lipinski definition) is 1. The quantitative estimate of drug-likeness (QED) is 0.201. The van der Waals surface area contributed by atoms with Gasteiger partial charge in [0.2, 0.25) is 0 Å². The predicted molar refractivity (Wildman–Crippen MR) is 159 cm³/mol. The lowest BCUT2D eigenvalue weighted by atomic mass is 9.72. The van der Waals surface area contributed by atoms with Gasteiger partial charge in [-0.25, -0.2) is 4.99 Å². The van der Waals surface area contributed by atoms with Crippen molar-refractivity contribution in [2.45, 2.75) is 53.5 Å². The summed E-state index contributed by atoms with van der Waals surface area (Å²) >= 11 is 6.26. The lowest BCUT2D eigenvalue weighted by Crippen LogP contribution is -2.28. The van der Waals surface area contributed by atoms with Crippen molar-refractivity contribution >= 4 is 73.6 Å². The van der Waals surface area contributed by atoms with Crippen molar-refractivity contribution in [3.63, 3.8) is 0 Å². The van der Waals surface area contributed by atoms with Crippen molar-refractivity contribution in [2.75, 3.05) is 6.61 Å². The molecule has 1 amide bonds. The Balaban J connectivity index is 1.66. The van der Waals surface area contributed by atoms with Crippen LogP contribution >= 0.6 is 56.5 Å². The third-order valence-electron chi connectivity index (χ3n) is 6.34. The van der Waals surface area contributed by atoms with Crippen molar-refractivity contribution in [3.8, 4) is 5.75 Å². The zero-order valence-electron chi connectivity index (χ0n) is 20.4. The van der Waals surface area contributed by atoms with Gasteiger partial charge in [0.1, 0.15) is 16.5 Å². The van der Waals surface area contributed by atoms with Crippen LogP contribution in [0.2, 0.25) is 0 Å². The molecule has 0 unspecified atom stereocenters. The number of fused-ring (bicyclic) bond motifs is 1. The molecule has 1 aliphatic carbocycles. The summed E-state index contributed by atoms with van der Waals surface area (Å²) in [5.74, 6) is 2.15. The van der Waals surface area contributed by atoms with Gasteiger partial charge in [0.05, 0.1) is 32.1 Å². The lowest BCUT2D eigenvalue weighted by Gasteiger charge is -2.33. The molecule has 0 spiro atoms. The molecule has 8 heteroatoms. The molecule has 3 aromatic rings. The van der Waals surface area contributed by atoms with Crippen LogP contribution in [0.3, 0.4) is 0 Å². The Morgan fingerprint density at radius 2 is 2.06 bits per heavy atom. The molecule has 0 aliphatic heterocycles. The summed E-state index contributed by atoms with van der Waals surface area (Å²) < 4.78 is 13.3. The van der Waals surface area contributed by atoms with Crippen LogP contribution in [-0.4, -0.2) is 18.7 Å². The number of ether oxygens (including phenoxy) is 1. The van der Waals surface area contributed by atoms with E-state index in [9.17, 15) is 4.79 Å². The summed E-state index contributed by atoms with van der Waals surface area (Å²) in [5.41, 5.74) is 3.11. The zero-order chi connectivity index (χ0) is 25.2. The molecule has 186 valence electrons. The number of amides is 1. The monoisotopic (exact) mass is 716 g/mol. The highest BCUT2D eigenvalue weighted by molar-refractivity contribution is 14.1. The maximum absolute atomic E-state index is 13.4. The van der Waals surface area contributed by atoms with Crippen LogP contribution in [0.4, 0.5) is 5.00 Å². The maximum atomic E-state index is 13.4. The van der Waals surface area contributed by atoms with E-state index in [1.54, 1.807) is 17.6 Å². The molecule has 0 fully saturated rings. The van der Waals surface area contributed by atoms with E-state index >= 15 is 0 Å². The Morgan fingerprint density at radius 1 is 1.31 bits per heavy atom. The summed E-state index contributed by atoms with van der Waals surface area (Å²) in [6, 6.07) is 7.83. The van der Waals surface area contributed by atoms with Crippen LogP contribution in [0.15, 0.2) is 39.9 Å². The van der Waals surface area contributed by atoms with Gasteiger partial charge >= 0.3 is 0 Å². The highest BCUT2D eigenvalue weighted by Crippen LogP contribution is 2.45. The molecule has 0 saturated carbocycles. The Labute approximate surface area is 238 Å². The average Bonchev–Trinajstić information content (AvgIpc) is 3.45. The number of halogens is 2. The van der Waals surface area contributed by atoms with Crippen LogP contribution < -0.4 is 10.1 Å². The number of furan rings is 1. The first kappa shape index (κ1) is 26.7. The number of thiophene rings is 1. The molecule has 4 rings (SSSR count). The molecule has 0 saturated heterocycles. The van der Waals surface area contributed by atoms with Gasteiger partial charge in [0, 0.05) is 11.1 Å². The van der Waals surface area contributed by atoms with Crippen LogP contribution in [-0.2, 0) is 19.4 Å². The highest BCUT2D eigenvalue weighted by Gasteiger charge is 2.33. The molecule has 0 bridgehead atoms. The Bertz CT molecular complexity index is 1200. The minimum absolute atomic E-state index is 0.0869.